The summed E-state index contributed by atoms with van der Waals surface area (Å²) in [6.07, 6.45) is 2.96. The smallest absolute Gasteiger partial charge is 0.286 e. The number of carbonyl (C=O) groups is 2. The Labute approximate surface area is 235 Å². The van der Waals surface area contributed by atoms with Gasteiger partial charge in [0.1, 0.15) is 29.5 Å². The second-order valence-electron chi connectivity index (χ2n) is 8.73. The number of halogens is 2. The van der Waals surface area contributed by atoms with Gasteiger partial charge in [-0.05, 0) is 63.0 Å². The molecule has 0 bridgehead atoms. The predicted octanol–water partition coefficient (Wildman–Crippen LogP) is 5.67. The van der Waals surface area contributed by atoms with Gasteiger partial charge in [-0.3, -0.25) is 19.7 Å². The highest BCUT2D eigenvalue weighted by molar-refractivity contribution is 6.32. The van der Waals surface area contributed by atoms with E-state index < -0.39 is 28.2 Å². The first-order valence-corrected chi connectivity index (χ1v) is 12.5. The van der Waals surface area contributed by atoms with Crippen molar-refractivity contribution in [3.05, 3.63) is 98.8 Å². The van der Waals surface area contributed by atoms with E-state index in [-0.39, 0.29) is 40.9 Å². The molecular formula is C28H28ClFN4O6. The van der Waals surface area contributed by atoms with Gasteiger partial charge in [-0.2, -0.15) is 0 Å². The van der Waals surface area contributed by atoms with Crippen molar-refractivity contribution in [3.63, 3.8) is 0 Å². The quantitative estimate of drug-likeness (QED) is 0.163. The van der Waals surface area contributed by atoms with Crippen LogP contribution >= 0.6 is 11.6 Å². The minimum atomic E-state index is -0.808. The van der Waals surface area contributed by atoms with Crippen LogP contribution in [0.2, 0.25) is 5.02 Å². The van der Waals surface area contributed by atoms with E-state index in [1.165, 1.54) is 42.5 Å². The fraction of sp³-hybridized carbons (Fsp3) is 0.214. The van der Waals surface area contributed by atoms with Crippen molar-refractivity contribution in [2.45, 2.75) is 13.5 Å². The number of ether oxygens (including phenoxy) is 2. The lowest BCUT2D eigenvalue weighted by molar-refractivity contribution is -0.385. The molecule has 3 rings (SSSR count). The van der Waals surface area contributed by atoms with E-state index in [2.05, 4.69) is 10.6 Å². The number of benzene rings is 3. The number of nitrogens with zero attached hydrogens (tertiary/aromatic N) is 2. The van der Waals surface area contributed by atoms with Gasteiger partial charge in [-0.25, -0.2) is 4.39 Å². The van der Waals surface area contributed by atoms with Gasteiger partial charge in [0.25, 0.3) is 11.6 Å². The lowest BCUT2D eigenvalue weighted by Crippen LogP contribution is -2.17. The zero-order valence-corrected chi connectivity index (χ0v) is 22.8. The van der Waals surface area contributed by atoms with Crippen molar-refractivity contribution in [1.29, 1.82) is 0 Å². The molecule has 0 saturated heterocycles. The zero-order chi connectivity index (χ0) is 29.2. The van der Waals surface area contributed by atoms with Crippen LogP contribution in [0.25, 0.3) is 0 Å². The molecule has 210 valence electrons. The molecule has 0 aliphatic heterocycles. The Kier molecular flexibility index (Phi) is 10.6. The standard InChI is InChI=1S/C28H28ClFN4O6/c1-4-39-26-16-24(34(37)38)21(15-23(26)32-27(35)9-6-12-33(2)3)28(36)31-20-10-11-25(22(29)14-20)40-17-18-7-5-8-19(30)13-18/h5-11,13-16H,4,12,17H2,1-3H3,(H,31,36)(H,32,35)/b9-6+. The molecule has 2 N–H and O–H groups in total. The summed E-state index contributed by atoms with van der Waals surface area (Å²) in [6, 6.07) is 12.6. The Morgan fingerprint density at radius 1 is 1.07 bits per heavy atom. The minimum Gasteiger partial charge on any atom is -0.491 e. The van der Waals surface area contributed by atoms with Gasteiger partial charge in [0, 0.05) is 18.3 Å². The number of carbonyl (C=O) groups excluding carboxylic acids is 2. The molecule has 0 unspecified atom stereocenters. The molecule has 10 nitrogen and oxygen atoms in total. The van der Waals surface area contributed by atoms with Gasteiger partial charge in [-0.1, -0.05) is 29.8 Å². The summed E-state index contributed by atoms with van der Waals surface area (Å²) in [6.45, 7) is 2.45. The first-order valence-electron chi connectivity index (χ1n) is 12.1. The Hall–Kier alpha value is -4.48. The van der Waals surface area contributed by atoms with Crippen LogP contribution in [0.5, 0.6) is 11.5 Å². The lowest BCUT2D eigenvalue weighted by atomic mass is 10.1. The van der Waals surface area contributed by atoms with Crippen molar-refractivity contribution in [3.8, 4) is 11.5 Å². The summed E-state index contributed by atoms with van der Waals surface area (Å²) in [4.78, 5) is 38.5. The van der Waals surface area contributed by atoms with Gasteiger partial charge >= 0.3 is 0 Å². The highest BCUT2D eigenvalue weighted by Crippen LogP contribution is 2.34. The van der Waals surface area contributed by atoms with E-state index in [0.29, 0.717) is 17.9 Å². The average molecular weight is 571 g/mol. The van der Waals surface area contributed by atoms with Crippen LogP contribution in [0.1, 0.15) is 22.8 Å². The summed E-state index contributed by atoms with van der Waals surface area (Å²) in [7, 11) is 3.69. The molecule has 0 aromatic heterocycles. The maximum Gasteiger partial charge on any atom is 0.286 e. The highest BCUT2D eigenvalue weighted by Gasteiger charge is 2.25. The number of likely N-dealkylation sites (N-methyl/N-ethyl adjacent to an activating group) is 1. The maximum absolute atomic E-state index is 13.4. The zero-order valence-electron chi connectivity index (χ0n) is 22.1. The molecule has 3 aromatic rings. The van der Waals surface area contributed by atoms with Gasteiger partial charge in [0.15, 0.2) is 0 Å². The molecule has 0 saturated carbocycles. The van der Waals surface area contributed by atoms with Gasteiger partial charge in [-0.15, -0.1) is 0 Å². The fourth-order valence-corrected chi connectivity index (χ4v) is 3.74. The molecule has 3 aromatic carbocycles. The van der Waals surface area contributed by atoms with E-state index >= 15 is 0 Å². The SMILES string of the molecule is CCOc1cc([N+](=O)[O-])c(C(=O)Nc2ccc(OCc3cccc(F)c3)c(Cl)c2)cc1NC(=O)/C=C/CN(C)C. The Morgan fingerprint density at radius 2 is 1.85 bits per heavy atom. The molecule has 0 spiro atoms. The largest absolute Gasteiger partial charge is 0.491 e. The monoisotopic (exact) mass is 570 g/mol. The maximum atomic E-state index is 13.4. The molecule has 2 amide bonds. The number of anilines is 2. The van der Waals surface area contributed by atoms with E-state index in [1.807, 2.05) is 19.0 Å². The number of nitro benzene ring substituents is 1. The topological polar surface area (TPSA) is 123 Å². The summed E-state index contributed by atoms with van der Waals surface area (Å²) >= 11 is 6.31. The average Bonchev–Trinajstić information content (AvgIpc) is 2.88. The van der Waals surface area contributed by atoms with E-state index in [4.69, 9.17) is 21.1 Å². The number of rotatable bonds is 12. The molecule has 0 fully saturated rings. The van der Waals surface area contributed by atoms with Crippen LogP contribution in [0, 0.1) is 15.9 Å². The van der Waals surface area contributed by atoms with Crippen molar-refractivity contribution in [1.82, 2.24) is 4.90 Å². The third kappa shape index (κ3) is 8.52. The predicted molar refractivity (Wildman–Crippen MR) is 151 cm³/mol. The molecule has 40 heavy (non-hydrogen) atoms. The highest BCUT2D eigenvalue weighted by atomic mass is 35.5. The molecule has 12 heteroatoms. The molecule has 0 aliphatic rings. The third-order valence-corrected chi connectivity index (χ3v) is 5.61. The van der Waals surface area contributed by atoms with Crippen molar-refractivity contribution >= 4 is 40.5 Å². The van der Waals surface area contributed by atoms with E-state index in [9.17, 15) is 24.1 Å². The fourth-order valence-electron chi connectivity index (χ4n) is 3.50. The van der Waals surface area contributed by atoms with E-state index in [1.54, 1.807) is 25.1 Å². The summed E-state index contributed by atoms with van der Waals surface area (Å²) < 4.78 is 24.5. The first-order chi connectivity index (χ1) is 19.1. The molecular weight excluding hydrogens is 543 g/mol. The van der Waals surface area contributed by atoms with Crippen molar-refractivity contribution in [2.24, 2.45) is 0 Å². The van der Waals surface area contributed by atoms with Gasteiger partial charge in [0.05, 0.1) is 28.3 Å². The van der Waals surface area contributed by atoms with Crippen LogP contribution in [0.15, 0.2) is 66.7 Å². The van der Waals surface area contributed by atoms with Crippen LogP contribution in [-0.4, -0.2) is 48.9 Å². The minimum absolute atomic E-state index is 0.0444. The number of nitrogens with one attached hydrogen (secondary N) is 2. The summed E-state index contributed by atoms with van der Waals surface area (Å²) in [5, 5.41) is 17.1. The third-order valence-electron chi connectivity index (χ3n) is 5.31. The lowest BCUT2D eigenvalue weighted by Gasteiger charge is -2.14. The summed E-state index contributed by atoms with van der Waals surface area (Å²) in [5.74, 6) is -1.36. The summed E-state index contributed by atoms with van der Waals surface area (Å²) in [5.41, 5.74) is 0.129. The van der Waals surface area contributed by atoms with Gasteiger partial charge < -0.3 is 25.0 Å². The van der Waals surface area contributed by atoms with Crippen LogP contribution in [0.4, 0.5) is 21.5 Å². The van der Waals surface area contributed by atoms with Crippen molar-refractivity contribution < 1.29 is 28.4 Å². The number of nitro groups is 1. The number of hydrogen-bond donors (Lipinski definition) is 2. The molecule has 0 heterocycles. The molecule has 0 radical (unpaired) electrons. The Bertz CT molecular complexity index is 1430. The van der Waals surface area contributed by atoms with Crippen molar-refractivity contribution in [2.75, 3.05) is 37.9 Å². The second kappa shape index (κ2) is 14.1. The Morgan fingerprint density at radius 3 is 2.50 bits per heavy atom. The van der Waals surface area contributed by atoms with Crippen LogP contribution in [0.3, 0.4) is 0 Å². The molecule has 0 aliphatic carbocycles. The van der Waals surface area contributed by atoms with Crippen LogP contribution in [-0.2, 0) is 11.4 Å². The number of amides is 2. The number of hydrogen-bond acceptors (Lipinski definition) is 7. The normalized spacial score (nSPS) is 10.9. The van der Waals surface area contributed by atoms with Gasteiger partial charge in [0.2, 0.25) is 5.91 Å². The second-order valence-corrected chi connectivity index (χ2v) is 9.13. The Balaban J connectivity index is 1.82. The first kappa shape index (κ1) is 30.1. The molecule has 0 atom stereocenters. The van der Waals surface area contributed by atoms with E-state index in [0.717, 1.165) is 6.07 Å². The van der Waals surface area contributed by atoms with Crippen LogP contribution < -0.4 is 20.1 Å².